The van der Waals surface area contributed by atoms with Crippen molar-refractivity contribution in [2.75, 3.05) is 16.8 Å². The number of thiazole rings is 1. The van der Waals surface area contributed by atoms with Gasteiger partial charge in [0.15, 0.2) is 10.3 Å². The van der Waals surface area contributed by atoms with Crippen LogP contribution in [0.4, 0.5) is 16.8 Å². The highest BCUT2D eigenvalue weighted by Crippen LogP contribution is 2.28. The summed E-state index contributed by atoms with van der Waals surface area (Å²) in [5.41, 5.74) is 13.2. The molecule has 2 heterocycles. The lowest BCUT2D eigenvalue weighted by Crippen LogP contribution is -2.24. The second-order valence-corrected chi connectivity index (χ2v) is 7.44. The molecule has 0 aliphatic heterocycles. The molecule has 3 rings (SSSR count). The van der Waals surface area contributed by atoms with Crippen molar-refractivity contribution >= 4 is 45.8 Å². The third kappa shape index (κ3) is 4.50. The Morgan fingerprint density at radius 1 is 1.19 bits per heavy atom. The van der Waals surface area contributed by atoms with Crippen molar-refractivity contribution in [1.29, 1.82) is 0 Å². The fraction of sp³-hybridized carbons (Fsp3) is 0.176. The number of benzene rings is 1. The monoisotopic (exact) mass is 386 g/mol. The molecular weight excluding hydrogens is 368 g/mol. The minimum Gasteiger partial charge on any atom is -0.383 e. The molecule has 7 nitrogen and oxygen atoms in total. The maximum Gasteiger partial charge on any atom is 0.239 e. The number of nitrogens with zero attached hydrogens (tertiary/aromatic N) is 3. The first-order valence-corrected chi connectivity index (χ1v) is 9.69. The van der Waals surface area contributed by atoms with Gasteiger partial charge in [0.25, 0.3) is 0 Å². The Hall–Kier alpha value is -2.65. The van der Waals surface area contributed by atoms with E-state index in [1.807, 2.05) is 42.6 Å². The van der Waals surface area contributed by atoms with Crippen LogP contribution in [0.1, 0.15) is 13.3 Å². The van der Waals surface area contributed by atoms with Gasteiger partial charge in [0.05, 0.1) is 10.9 Å². The van der Waals surface area contributed by atoms with Crippen LogP contribution in [0.5, 0.6) is 0 Å². The van der Waals surface area contributed by atoms with Crippen LogP contribution in [-0.2, 0) is 4.79 Å². The summed E-state index contributed by atoms with van der Waals surface area (Å²) in [7, 11) is 0. The van der Waals surface area contributed by atoms with E-state index in [0.717, 1.165) is 11.3 Å². The Bertz CT molecular complexity index is 879. The molecule has 2 aromatic heterocycles. The van der Waals surface area contributed by atoms with E-state index in [-0.39, 0.29) is 22.8 Å². The molecule has 0 aliphatic carbocycles. The van der Waals surface area contributed by atoms with Crippen LogP contribution in [0.15, 0.2) is 46.9 Å². The van der Waals surface area contributed by atoms with Crippen molar-refractivity contribution in [1.82, 2.24) is 15.0 Å². The van der Waals surface area contributed by atoms with Gasteiger partial charge in [0.2, 0.25) is 5.91 Å². The molecule has 5 N–H and O–H groups in total. The summed E-state index contributed by atoms with van der Waals surface area (Å²) in [5.74, 6) is 0.404. The number of nitrogen functional groups attached to an aromatic ring is 2. The first kappa shape index (κ1) is 18.2. The summed E-state index contributed by atoms with van der Waals surface area (Å²) in [6.07, 6.45) is 0.603. The summed E-state index contributed by atoms with van der Waals surface area (Å²) in [6.45, 7) is 1.92. The number of carbonyl (C=O) groups is 1. The normalized spacial score (nSPS) is 11.9. The van der Waals surface area contributed by atoms with E-state index in [2.05, 4.69) is 20.3 Å². The largest absolute Gasteiger partial charge is 0.383 e. The van der Waals surface area contributed by atoms with Crippen molar-refractivity contribution in [2.24, 2.45) is 0 Å². The van der Waals surface area contributed by atoms with Crippen LogP contribution in [0, 0.1) is 0 Å². The molecule has 0 saturated carbocycles. The van der Waals surface area contributed by atoms with E-state index in [1.54, 1.807) is 0 Å². The number of anilines is 3. The summed E-state index contributed by atoms with van der Waals surface area (Å²) < 4.78 is 0. The average Bonchev–Trinajstić information content (AvgIpc) is 3.08. The van der Waals surface area contributed by atoms with E-state index in [1.165, 1.54) is 29.2 Å². The maximum absolute atomic E-state index is 12.6. The van der Waals surface area contributed by atoms with Gasteiger partial charge in [-0.15, -0.1) is 11.3 Å². The Morgan fingerprint density at radius 3 is 2.54 bits per heavy atom. The van der Waals surface area contributed by atoms with Crippen LogP contribution in [0.2, 0.25) is 0 Å². The van der Waals surface area contributed by atoms with Gasteiger partial charge in [-0.05, 0) is 6.42 Å². The molecule has 1 aromatic carbocycles. The Kier molecular flexibility index (Phi) is 5.69. The molecule has 0 aliphatic rings. The van der Waals surface area contributed by atoms with Gasteiger partial charge in [0.1, 0.15) is 11.6 Å². The lowest BCUT2D eigenvalue weighted by molar-refractivity contribution is -0.115. The van der Waals surface area contributed by atoms with Crippen LogP contribution >= 0.6 is 23.1 Å². The topological polar surface area (TPSA) is 120 Å². The SMILES string of the molecule is CC[C@H](Sc1nc(N)cc(N)n1)C(=O)Nc1nc(-c2ccccc2)cs1. The number of hydrogen-bond acceptors (Lipinski definition) is 8. The van der Waals surface area contributed by atoms with E-state index in [4.69, 9.17) is 11.5 Å². The first-order chi connectivity index (χ1) is 12.5. The van der Waals surface area contributed by atoms with E-state index >= 15 is 0 Å². The van der Waals surface area contributed by atoms with Gasteiger partial charge in [0, 0.05) is 17.0 Å². The second kappa shape index (κ2) is 8.15. The third-order valence-corrected chi connectivity index (χ3v) is 5.44. The highest BCUT2D eigenvalue weighted by Gasteiger charge is 2.21. The highest BCUT2D eigenvalue weighted by atomic mass is 32.2. The maximum atomic E-state index is 12.6. The molecule has 0 saturated heterocycles. The Morgan fingerprint density at radius 2 is 1.88 bits per heavy atom. The molecule has 3 aromatic rings. The number of hydrogen-bond donors (Lipinski definition) is 3. The van der Waals surface area contributed by atoms with Crippen LogP contribution in [0.3, 0.4) is 0 Å². The molecule has 1 amide bonds. The van der Waals surface area contributed by atoms with Gasteiger partial charge >= 0.3 is 0 Å². The first-order valence-electron chi connectivity index (χ1n) is 7.93. The predicted octanol–water partition coefficient (Wildman–Crippen LogP) is 3.27. The van der Waals surface area contributed by atoms with Crippen molar-refractivity contribution in [2.45, 2.75) is 23.8 Å². The number of carbonyl (C=O) groups excluding carboxylic acids is 1. The number of aromatic nitrogens is 3. The number of nitrogens with two attached hydrogens (primary N) is 2. The second-order valence-electron chi connectivity index (χ2n) is 5.41. The molecule has 134 valence electrons. The number of nitrogens with one attached hydrogen (secondary N) is 1. The zero-order valence-electron chi connectivity index (χ0n) is 14.0. The Labute approximate surface area is 159 Å². The summed E-state index contributed by atoms with van der Waals surface area (Å²) in [6, 6.07) is 11.3. The highest BCUT2D eigenvalue weighted by molar-refractivity contribution is 8.00. The van der Waals surface area contributed by atoms with E-state index < -0.39 is 0 Å². The smallest absolute Gasteiger partial charge is 0.239 e. The molecule has 0 bridgehead atoms. The molecule has 1 atom stereocenters. The fourth-order valence-corrected chi connectivity index (χ4v) is 3.85. The third-order valence-electron chi connectivity index (χ3n) is 3.46. The number of rotatable bonds is 6. The van der Waals surface area contributed by atoms with Crippen molar-refractivity contribution in [3.05, 3.63) is 41.8 Å². The van der Waals surface area contributed by atoms with E-state index in [0.29, 0.717) is 16.7 Å². The summed E-state index contributed by atoms with van der Waals surface area (Å²) >= 11 is 2.62. The molecule has 0 radical (unpaired) electrons. The molecule has 0 unspecified atom stereocenters. The molecule has 0 spiro atoms. The summed E-state index contributed by atoms with van der Waals surface area (Å²) in [5, 5.41) is 5.34. The van der Waals surface area contributed by atoms with Crippen LogP contribution < -0.4 is 16.8 Å². The van der Waals surface area contributed by atoms with Gasteiger partial charge < -0.3 is 16.8 Å². The zero-order valence-corrected chi connectivity index (χ0v) is 15.7. The van der Waals surface area contributed by atoms with Gasteiger partial charge in [-0.25, -0.2) is 15.0 Å². The molecular formula is C17H18N6OS2. The van der Waals surface area contributed by atoms with Crippen LogP contribution in [-0.4, -0.2) is 26.1 Å². The Balaban J connectivity index is 1.69. The lowest BCUT2D eigenvalue weighted by Gasteiger charge is -2.12. The van der Waals surface area contributed by atoms with Crippen molar-refractivity contribution in [3.8, 4) is 11.3 Å². The van der Waals surface area contributed by atoms with Crippen molar-refractivity contribution in [3.63, 3.8) is 0 Å². The quantitative estimate of drug-likeness (QED) is 0.439. The fourth-order valence-electron chi connectivity index (χ4n) is 2.22. The lowest BCUT2D eigenvalue weighted by atomic mass is 10.2. The number of thioether (sulfide) groups is 1. The molecule has 0 fully saturated rings. The van der Waals surface area contributed by atoms with Crippen molar-refractivity contribution < 1.29 is 4.79 Å². The van der Waals surface area contributed by atoms with Gasteiger partial charge in [-0.1, -0.05) is 49.0 Å². The predicted molar refractivity (Wildman–Crippen MR) is 107 cm³/mol. The summed E-state index contributed by atoms with van der Waals surface area (Å²) in [4.78, 5) is 25.3. The molecule has 9 heteroatoms. The zero-order chi connectivity index (χ0) is 18.5. The van der Waals surface area contributed by atoms with Gasteiger partial charge in [-0.3, -0.25) is 4.79 Å². The molecule has 26 heavy (non-hydrogen) atoms. The average molecular weight is 387 g/mol. The minimum atomic E-state index is -0.375. The van der Waals surface area contributed by atoms with Crippen LogP contribution in [0.25, 0.3) is 11.3 Å². The van der Waals surface area contributed by atoms with Gasteiger partial charge in [-0.2, -0.15) is 0 Å². The number of amides is 1. The minimum absolute atomic E-state index is 0.156. The van der Waals surface area contributed by atoms with E-state index in [9.17, 15) is 4.79 Å². The standard InChI is InChI=1S/C17H18N6OS2/c1-2-12(26-17-21-13(18)8-14(19)22-17)15(24)23-16-20-11(9-25-16)10-6-4-3-5-7-10/h3-9,12H,2H2,1H3,(H,20,23,24)(H4,18,19,21,22)/t12-/m0/s1.